The van der Waals surface area contributed by atoms with Gasteiger partial charge in [-0.1, -0.05) is 17.7 Å². The predicted molar refractivity (Wildman–Crippen MR) is 121 cm³/mol. The molecule has 1 amide bonds. The summed E-state index contributed by atoms with van der Waals surface area (Å²) in [6, 6.07) is 13.7. The van der Waals surface area contributed by atoms with E-state index in [2.05, 4.69) is 4.98 Å². The molecule has 0 saturated carbocycles. The first-order valence-corrected chi connectivity index (χ1v) is 10.3. The second kappa shape index (κ2) is 8.66. The average molecular weight is 443 g/mol. The number of rotatable bonds is 5. The van der Waals surface area contributed by atoms with E-state index in [0.29, 0.717) is 11.1 Å². The summed E-state index contributed by atoms with van der Waals surface area (Å²) in [5.74, 6) is -1.82. The first-order valence-electron chi connectivity index (χ1n) is 10.3. The van der Waals surface area contributed by atoms with Crippen molar-refractivity contribution in [3.05, 3.63) is 110 Å². The Morgan fingerprint density at radius 1 is 1.06 bits per heavy atom. The molecule has 33 heavy (non-hydrogen) atoms. The van der Waals surface area contributed by atoms with Crippen molar-refractivity contribution in [2.24, 2.45) is 0 Å². The van der Waals surface area contributed by atoms with Crippen LogP contribution in [0.3, 0.4) is 0 Å². The lowest BCUT2D eigenvalue weighted by Crippen LogP contribution is -2.29. The van der Waals surface area contributed by atoms with Crippen molar-refractivity contribution >= 4 is 23.1 Å². The molecular formula is C25H21N3O5. The molecular weight excluding hydrogens is 422 g/mol. The highest BCUT2D eigenvalue weighted by atomic mass is 16.6. The van der Waals surface area contributed by atoms with Crippen molar-refractivity contribution in [2.45, 2.75) is 26.4 Å². The maximum absolute atomic E-state index is 13.1. The average Bonchev–Trinajstić information content (AvgIpc) is 3.06. The van der Waals surface area contributed by atoms with Crippen molar-refractivity contribution < 1.29 is 19.6 Å². The van der Waals surface area contributed by atoms with Crippen LogP contribution in [-0.2, 0) is 16.1 Å². The van der Waals surface area contributed by atoms with Crippen LogP contribution in [0.2, 0.25) is 0 Å². The van der Waals surface area contributed by atoms with Crippen LogP contribution in [0.1, 0.15) is 33.9 Å². The second-order valence-electron chi connectivity index (χ2n) is 7.95. The lowest BCUT2D eigenvalue weighted by molar-refractivity contribution is -0.384. The quantitative estimate of drug-likeness (QED) is 0.208. The van der Waals surface area contributed by atoms with E-state index >= 15 is 0 Å². The van der Waals surface area contributed by atoms with Crippen molar-refractivity contribution in [3.63, 3.8) is 0 Å². The van der Waals surface area contributed by atoms with Crippen molar-refractivity contribution in [3.8, 4) is 0 Å². The first-order chi connectivity index (χ1) is 15.8. The number of ketones is 1. The Kier molecular flexibility index (Phi) is 5.74. The molecule has 2 heterocycles. The number of nitrogens with zero attached hydrogens (tertiary/aromatic N) is 3. The molecule has 8 nitrogen and oxygen atoms in total. The molecule has 1 aromatic heterocycles. The minimum absolute atomic E-state index is 0.0448. The number of aliphatic hydroxyl groups is 1. The van der Waals surface area contributed by atoms with Gasteiger partial charge in [-0.2, -0.15) is 0 Å². The normalized spacial score (nSPS) is 17.4. The van der Waals surface area contributed by atoms with Crippen LogP contribution in [0.15, 0.2) is 72.6 Å². The number of hydrogen-bond acceptors (Lipinski definition) is 6. The Morgan fingerprint density at radius 3 is 2.36 bits per heavy atom. The minimum Gasteiger partial charge on any atom is -0.507 e. The van der Waals surface area contributed by atoms with Crippen LogP contribution in [-0.4, -0.2) is 31.6 Å². The summed E-state index contributed by atoms with van der Waals surface area (Å²) in [5.41, 5.74) is 3.19. The number of benzene rings is 2. The number of aryl methyl sites for hydroxylation is 2. The van der Waals surface area contributed by atoms with Crippen LogP contribution in [0.5, 0.6) is 0 Å². The van der Waals surface area contributed by atoms with Gasteiger partial charge in [0.05, 0.1) is 16.5 Å². The topological polar surface area (TPSA) is 114 Å². The summed E-state index contributed by atoms with van der Waals surface area (Å²) in [5, 5.41) is 22.3. The second-order valence-corrected chi connectivity index (χ2v) is 7.95. The minimum atomic E-state index is -0.904. The maximum Gasteiger partial charge on any atom is 0.295 e. The molecule has 166 valence electrons. The van der Waals surface area contributed by atoms with E-state index in [9.17, 15) is 24.8 Å². The molecule has 4 rings (SSSR count). The summed E-state index contributed by atoms with van der Waals surface area (Å²) < 4.78 is 0. The van der Waals surface area contributed by atoms with Crippen LogP contribution >= 0.6 is 0 Å². The summed E-state index contributed by atoms with van der Waals surface area (Å²) in [6.45, 7) is 3.78. The van der Waals surface area contributed by atoms with Gasteiger partial charge >= 0.3 is 0 Å². The Hall–Kier alpha value is -4.33. The fraction of sp³-hybridized carbons (Fsp3) is 0.160. The number of hydrogen-bond donors (Lipinski definition) is 1. The van der Waals surface area contributed by atoms with Crippen LogP contribution in [0.4, 0.5) is 5.69 Å². The fourth-order valence-corrected chi connectivity index (χ4v) is 3.99. The molecule has 1 fully saturated rings. The number of nitro groups is 1. The Bertz CT molecular complexity index is 1280. The summed E-state index contributed by atoms with van der Waals surface area (Å²) in [7, 11) is 0. The third-order valence-corrected chi connectivity index (χ3v) is 5.71. The van der Waals surface area contributed by atoms with Gasteiger partial charge in [-0.3, -0.25) is 24.7 Å². The Morgan fingerprint density at radius 2 is 1.73 bits per heavy atom. The number of carbonyl (C=O) groups is 2. The van der Waals surface area contributed by atoms with Crippen LogP contribution in [0, 0.1) is 24.0 Å². The molecule has 0 spiro atoms. The monoisotopic (exact) mass is 443 g/mol. The number of non-ortho nitro benzene ring substituents is 1. The Labute approximate surface area is 190 Å². The molecule has 1 atom stereocenters. The van der Waals surface area contributed by atoms with Gasteiger partial charge in [0.15, 0.2) is 0 Å². The SMILES string of the molecule is Cc1ccc(C)c(C(O)=C2C(=O)C(=O)N(Cc3ccncc3)C2c2ccc([N+](=O)[O-])cc2)c1. The molecule has 3 aromatic rings. The zero-order valence-electron chi connectivity index (χ0n) is 18.1. The highest BCUT2D eigenvalue weighted by molar-refractivity contribution is 6.46. The van der Waals surface area contributed by atoms with Gasteiger partial charge < -0.3 is 10.0 Å². The Balaban J connectivity index is 1.89. The van der Waals surface area contributed by atoms with Gasteiger partial charge in [-0.05, 0) is 60.9 Å². The molecule has 1 saturated heterocycles. The van der Waals surface area contributed by atoms with E-state index in [1.165, 1.54) is 29.2 Å². The van der Waals surface area contributed by atoms with Crippen LogP contribution < -0.4 is 0 Å². The third kappa shape index (κ3) is 4.10. The van der Waals surface area contributed by atoms with E-state index in [0.717, 1.165) is 16.7 Å². The number of amides is 1. The van der Waals surface area contributed by atoms with Gasteiger partial charge in [0.25, 0.3) is 17.4 Å². The van der Waals surface area contributed by atoms with E-state index < -0.39 is 22.7 Å². The van der Waals surface area contributed by atoms with Crippen molar-refractivity contribution in [2.75, 3.05) is 0 Å². The fourth-order valence-electron chi connectivity index (χ4n) is 3.99. The maximum atomic E-state index is 13.1. The zero-order chi connectivity index (χ0) is 23.7. The number of likely N-dealkylation sites (tertiary alicyclic amines) is 1. The molecule has 2 aromatic carbocycles. The summed E-state index contributed by atoms with van der Waals surface area (Å²) >= 11 is 0. The lowest BCUT2D eigenvalue weighted by atomic mass is 9.93. The van der Waals surface area contributed by atoms with Crippen molar-refractivity contribution in [1.29, 1.82) is 0 Å². The molecule has 1 aliphatic rings. The number of nitro benzene ring substituents is 1. The van der Waals surface area contributed by atoms with Crippen LogP contribution in [0.25, 0.3) is 5.76 Å². The van der Waals surface area contributed by atoms with E-state index in [-0.39, 0.29) is 23.6 Å². The summed E-state index contributed by atoms with van der Waals surface area (Å²) in [6.07, 6.45) is 3.17. The molecule has 1 unspecified atom stereocenters. The van der Waals surface area contributed by atoms with Gasteiger partial charge in [-0.15, -0.1) is 0 Å². The van der Waals surface area contributed by atoms with E-state index in [4.69, 9.17) is 0 Å². The number of carbonyl (C=O) groups excluding carboxylic acids is 2. The van der Waals surface area contributed by atoms with Gasteiger partial charge in [-0.25, -0.2) is 0 Å². The lowest BCUT2D eigenvalue weighted by Gasteiger charge is -2.25. The molecule has 1 aliphatic heterocycles. The molecule has 0 radical (unpaired) electrons. The van der Waals surface area contributed by atoms with Gasteiger partial charge in [0.1, 0.15) is 5.76 Å². The molecule has 0 bridgehead atoms. The molecule has 8 heteroatoms. The number of Topliss-reactive ketones (excluding diaryl/α,β-unsaturated/α-hetero) is 1. The van der Waals surface area contributed by atoms with Crippen molar-refractivity contribution in [1.82, 2.24) is 9.88 Å². The van der Waals surface area contributed by atoms with E-state index in [1.54, 1.807) is 30.6 Å². The standard InChI is InChI=1S/C25H21N3O5/c1-15-3-4-16(2)20(13-15)23(29)21-22(18-5-7-19(8-6-18)28(32)33)27(25(31)24(21)30)14-17-9-11-26-12-10-17/h3-13,22,29H,14H2,1-2H3. The predicted octanol–water partition coefficient (Wildman–Crippen LogP) is 4.23. The smallest absolute Gasteiger partial charge is 0.295 e. The number of aliphatic hydroxyl groups excluding tert-OH is 1. The zero-order valence-corrected chi connectivity index (χ0v) is 18.1. The molecule has 0 aliphatic carbocycles. The highest BCUT2D eigenvalue weighted by Crippen LogP contribution is 2.41. The summed E-state index contributed by atoms with van der Waals surface area (Å²) in [4.78, 5) is 42.1. The van der Waals surface area contributed by atoms with Gasteiger partial charge in [0, 0.05) is 36.6 Å². The highest BCUT2D eigenvalue weighted by Gasteiger charge is 2.46. The first kappa shape index (κ1) is 21.9. The van der Waals surface area contributed by atoms with Gasteiger partial charge in [0.2, 0.25) is 0 Å². The number of aromatic nitrogens is 1. The molecule has 1 N–H and O–H groups in total. The third-order valence-electron chi connectivity index (χ3n) is 5.71. The largest absolute Gasteiger partial charge is 0.507 e. The van der Waals surface area contributed by atoms with E-state index in [1.807, 2.05) is 26.0 Å². The number of pyridine rings is 1.